The molecule has 2 N–H and O–H groups in total. The number of benzene rings is 1. The number of nitrogens with one attached hydrogen (secondary N) is 1. The van der Waals surface area contributed by atoms with Crippen molar-refractivity contribution in [2.75, 3.05) is 0 Å². The summed E-state index contributed by atoms with van der Waals surface area (Å²) in [5, 5.41) is 10.4. The fourth-order valence-electron chi connectivity index (χ4n) is 3.23. The van der Waals surface area contributed by atoms with Crippen molar-refractivity contribution in [2.45, 2.75) is 51.0 Å². The quantitative estimate of drug-likeness (QED) is 0.435. The van der Waals surface area contributed by atoms with Crippen LogP contribution in [-0.2, 0) is 14.8 Å². The van der Waals surface area contributed by atoms with E-state index in [1.165, 1.54) is 5.41 Å². The summed E-state index contributed by atoms with van der Waals surface area (Å²) in [6, 6.07) is 6.91. The highest BCUT2D eigenvalue weighted by molar-refractivity contribution is 7.92. The van der Waals surface area contributed by atoms with Crippen LogP contribution in [0.5, 0.6) is 0 Å². The number of unbranched alkanes of at least 4 members (excludes halogenated alkanes) is 1. The lowest BCUT2D eigenvalue weighted by Crippen LogP contribution is -2.36. The van der Waals surface area contributed by atoms with Gasteiger partial charge in [0.25, 0.3) is 0 Å². The average molecular weight is 412 g/mol. The number of hydrogen-bond acceptors (Lipinski definition) is 3. The molecule has 7 heteroatoms. The molecule has 0 aromatic heterocycles. The van der Waals surface area contributed by atoms with Crippen molar-refractivity contribution in [2.24, 2.45) is 5.92 Å². The van der Waals surface area contributed by atoms with Gasteiger partial charge in [0.2, 0.25) is 10.0 Å². The number of carbonyl (C=O) groups is 1. The maximum Gasteiger partial charge on any atom is 0.303 e. The number of carboxylic acid groups (broad SMARTS) is 1. The summed E-state index contributed by atoms with van der Waals surface area (Å²) in [6.07, 6.45) is 10.8. The summed E-state index contributed by atoms with van der Waals surface area (Å²) in [4.78, 5) is 10.5. The average Bonchev–Trinajstić information content (AvgIpc) is 3.03. The van der Waals surface area contributed by atoms with E-state index in [1.54, 1.807) is 30.3 Å². The molecule has 27 heavy (non-hydrogen) atoms. The Morgan fingerprint density at radius 2 is 1.96 bits per heavy atom. The maximum atomic E-state index is 12.4. The summed E-state index contributed by atoms with van der Waals surface area (Å²) in [5.74, 6) is -0.500. The van der Waals surface area contributed by atoms with Crippen molar-refractivity contribution >= 4 is 33.7 Å². The molecular weight excluding hydrogens is 386 g/mol. The number of sulfonamides is 1. The van der Waals surface area contributed by atoms with Crippen LogP contribution in [0.25, 0.3) is 6.08 Å². The summed E-state index contributed by atoms with van der Waals surface area (Å²) >= 11 is 5.83. The first-order chi connectivity index (χ1) is 12.9. The highest BCUT2D eigenvalue weighted by Gasteiger charge is 2.28. The molecular formula is C20H26ClNO4S. The molecule has 1 aliphatic rings. The molecule has 0 amide bonds. The minimum Gasteiger partial charge on any atom is -0.481 e. The molecule has 2 atom stereocenters. The molecule has 1 saturated carbocycles. The molecule has 0 spiro atoms. The third-order valence-electron chi connectivity index (χ3n) is 4.65. The van der Waals surface area contributed by atoms with Gasteiger partial charge in [-0.3, -0.25) is 4.79 Å². The maximum absolute atomic E-state index is 12.4. The van der Waals surface area contributed by atoms with Gasteiger partial charge < -0.3 is 5.11 Å². The molecule has 5 nitrogen and oxygen atoms in total. The summed E-state index contributed by atoms with van der Waals surface area (Å²) in [7, 11) is -3.51. The molecule has 1 aliphatic carbocycles. The van der Waals surface area contributed by atoms with E-state index in [9.17, 15) is 13.2 Å². The number of rotatable bonds is 10. The van der Waals surface area contributed by atoms with Gasteiger partial charge in [0.1, 0.15) is 0 Å². The van der Waals surface area contributed by atoms with Gasteiger partial charge in [-0.05, 0) is 61.8 Å². The minimum absolute atomic E-state index is 0.0615. The predicted octanol–water partition coefficient (Wildman–Crippen LogP) is 4.60. The fraction of sp³-hybridized carbons (Fsp3) is 0.450. The zero-order valence-corrected chi connectivity index (χ0v) is 16.8. The SMILES string of the molecule is O=C(O)CCCC=CCC1CCCC1NS(=O)(=O)C=Cc1ccc(Cl)cc1. The van der Waals surface area contributed by atoms with Crippen molar-refractivity contribution in [3.63, 3.8) is 0 Å². The van der Waals surface area contributed by atoms with Crippen molar-refractivity contribution in [1.29, 1.82) is 0 Å². The highest BCUT2D eigenvalue weighted by atomic mass is 35.5. The second-order valence-corrected chi connectivity index (χ2v) is 8.84. The number of hydrogen-bond donors (Lipinski definition) is 2. The van der Waals surface area contributed by atoms with Gasteiger partial charge in [-0.2, -0.15) is 0 Å². The molecule has 0 radical (unpaired) electrons. The number of halogens is 1. The molecule has 0 heterocycles. The Morgan fingerprint density at radius 1 is 1.22 bits per heavy atom. The van der Waals surface area contributed by atoms with Crippen LogP contribution in [-0.4, -0.2) is 25.5 Å². The monoisotopic (exact) mass is 411 g/mol. The molecule has 1 aromatic rings. The first-order valence-corrected chi connectivity index (χ1v) is 11.1. The molecule has 1 fully saturated rings. The Morgan fingerprint density at radius 3 is 2.67 bits per heavy atom. The standard InChI is InChI=1S/C20H26ClNO4S/c21-18-12-10-16(11-13-18)14-15-27(25,26)22-19-8-5-7-17(19)6-3-1-2-4-9-20(23)24/h1,3,10-15,17,19,22H,2,4-9H2,(H,23,24). The highest BCUT2D eigenvalue weighted by Crippen LogP contribution is 2.29. The van der Waals surface area contributed by atoms with Crippen LogP contribution in [0.15, 0.2) is 41.8 Å². The molecule has 148 valence electrons. The predicted molar refractivity (Wildman–Crippen MR) is 109 cm³/mol. The van der Waals surface area contributed by atoms with E-state index >= 15 is 0 Å². The Labute approximate surface area is 166 Å². The number of allylic oxidation sites excluding steroid dienone is 2. The van der Waals surface area contributed by atoms with Crippen LogP contribution in [0.4, 0.5) is 0 Å². The topological polar surface area (TPSA) is 83.5 Å². The van der Waals surface area contributed by atoms with Crippen LogP contribution in [0.1, 0.15) is 50.5 Å². The first kappa shape index (κ1) is 21.7. The number of aliphatic carboxylic acids is 1. The van der Waals surface area contributed by atoms with Gasteiger partial charge in [0.15, 0.2) is 0 Å². The molecule has 2 unspecified atom stereocenters. The van der Waals surface area contributed by atoms with E-state index in [4.69, 9.17) is 16.7 Å². The zero-order chi connectivity index (χ0) is 19.7. The number of carboxylic acids is 1. The Kier molecular flexibility index (Phi) is 8.54. The summed E-state index contributed by atoms with van der Waals surface area (Å²) in [5.41, 5.74) is 0.775. The largest absolute Gasteiger partial charge is 0.481 e. The lowest BCUT2D eigenvalue weighted by Gasteiger charge is -2.18. The van der Waals surface area contributed by atoms with Crippen molar-refractivity contribution < 1.29 is 18.3 Å². The Balaban J connectivity index is 1.84. The Hall–Kier alpha value is -1.63. The summed E-state index contributed by atoms with van der Waals surface area (Å²) in [6.45, 7) is 0. The molecule has 0 saturated heterocycles. The van der Waals surface area contributed by atoms with E-state index in [0.29, 0.717) is 11.4 Å². The van der Waals surface area contributed by atoms with Gasteiger partial charge in [0, 0.05) is 22.9 Å². The van der Waals surface area contributed by atoms with Gasteiger partial charge in [-0.15, -0.1) is 0 Å². The second-order valence-electron chi connectivity index (χ2n) is 6.81. The van der Waals surface area contributed by atoms with Crippen LogP contribution in [0.3, 0.4) is 0 Å². The lowest BCUT2D eigenvalue weighted by molar-refractivity contribution is -0.137. The first-order valence-electron chi connectivity index (χ1n) is 9.18. The van der Waals surface area contributed by atoms with E-state index < -0.39 is 16.0 Å². The van der Waals surface area contributed by atoms with Gasteiger partial charge in [-0.1, -0.05) is 42.3 Å². The zero-order valence-electron chi connectivity index (χ0n) is 15.2. The molecule has 2 rings (SSSR count). The van der Waals surface area contributed by atoms with Crippen LogP contribution in [0, 0.1) is 5.92 Å². The van der Waals surface area contributed by atoms with E-state index in [2.05, 4.69) is 4.72 Å². The van der Waals surface area contributed by atoms with Crippen LogP contribution in [0.2, 0.25) is 5.02 Å². The molecule has 0 bridgehead atoms. The second kappa shape index (κ2) is 10.6. The normalized spacial score (nSPS) is 20.6. The lowest BCUT2D eigenvalue weighted by atomic mass is 10.00. The van der Waals surface area contributed by atoms with Gasteiger partial charge >= 0.3 is 5.97 Å². The van der Waals surface area contributed by atoms with Crippen molar-refractivity contribution in [3.8, 4) is 0 Å². The van der Waals surface area contributed by atoms with Crippen LogP contribution >= 0.6 is 11.6 Å². The van der Waals surface area contributed by atoms with E-state index in [1.807, 2.05) is 12.2 Å². The van der Waals surface area contributed by atoms with Gasteiger partial charge in [-0.25, -0.2) is 13.1 Å². The minimum atomic E-state index is -3.51. The van der Waals surface area contributed by atoms with Crippen LogP contribution < -0.4 is 4.72 Å². The fourth-order valence-corrected chi connectivity index (χ4v) is 4.50. The van der Waals surface area contributed by atoms with Crippen molar-refractivity contribution in [1.82, 2.24) is 4.72 Å². The van der Waals surface area contributed by atoms with Gasteiger partial charge in [0.05, 0.1) is 0 Å². The van der Waals surface area contributed by atoms with E-state index in [0.717, 1.165) is 37.7 Å². The van der Waals surface area contributed by atoms with E-state index in [-0.39, 0.29) is 18.4 Å². The molecule has 0 aliphatic heterocycles. The summed E-state index contributed by atoms with van der Waals surface area (Å²) < 4.78 is 27.5. The smallest absolute Gasteiger partial charge is 0.303 e. The third-order valence-corrected chi connectivity index (χ3v) is 6.03. The third kappa shape index (κ3) is 8.28. The van der Waals surface area contributed by atoms with Crippen molar-refractivity contribution in [3.05, 3.63) is 52.4 Å². The molecule has 1 aromatic carbocycles. The Bertz CT molecular complexity index is 772.